The van der Waals surface area contributed by atoms with Gasteiger partial charge in [0.15, 0.2) is 17.1 Å². The summed E-state index contributed by atoms with van der Waals surface area (Å²) in [5.41, 5.74) is -5.94. The van der Waals surface area contributed by atoms with Gasteiger partial charge in [-0.3, -0.25) is 14.4 Å². The normalized spacial score (nSPS) is 42.2. The van der Waals surface area contributed by atoms with Crippen LogP contribution in [0.1, 0.15) is 45.1 Å². The van der Waals surface area contributed by atoms with Crippen LogP contribution in [-0.4, -0.2) is 63.1 Å². The number of aliphatic hydroxyl groups excluding tert-OH is 1. The lowest BCUT2D eigenvalue weighted by atomic mass is 9.44. The average molecular weight is 646 g/mol. The second-order valence-corrected chi connectivity index (χ2v) is 14.6. The zero-order valence-corrected chi connectivity index (χ0v) is 25.2. The smallest absolute Gasteiger partial charge is 0.389 e. The molecule has 1 aliphatic heterocycles. The first kappa shape index (κ1) is 31.2. The number of hydroxylamine groups is 2. The highest BCUT2D eigenvalue weighted by Gasteiger charge is 2.79. The van der Waals surface area contributed by atoms with Gasteiger partial charge in [0, 0.05) is 46.5 Å². The van der Waals surface area contributed by atoms with E-state index in [-0.39, 0.29) is 37.9 Å². The molecule has 4 aliphatic carbocycles. The molecule has 1 aromatic carbocycles. The molecule has 3 saturated carbocycles. The average Bonchev–Trinajstić information content (AvgIpc) is 3.40. The number of ketones is 1. The number of alkyl halides is 5. The van der Waals surface area contributed by atoms with Crippen LogP contribution in [-0.2, 0) is 21.0 Å². The van der Waals surface area contributed by atoms with Crippen molar-refractivity contribution in [1.29, 1.82) is 0 Å². The number of halogens is 6. The summed E-state index contributed by atoms with van der Waals surface area (Å²) in [5, 5.41) is 13.2. The first-order valence-corrected chi connectivity index (χ1v) is 15.8. The van der Waals surface area contributed by atoms with Crippen molar-refractivity contribution >= 4 is 34.3 Å². The van der Waals surface area contributed by atoms with Crippen molar-refractivity contribution in [1.82, 2.24) is 5.06 Å². The number of carbonyl (C=O) groups excluding carboxylic acids is 2. The Labute approximate surface area is 255 Å². The summed E-state index contributed by atoms with van der Waals surface area (Å²) in [6.07, 6.45) is -5.49. The number of rotatable bonds is 5. The van der Waals surface area contributed by atoms with Gasteiger partial charge >= 0.3 is 6.18 Å². The molecule has 1 N–H and O–H groups in total. The third kappa shape index (κ3) is 4.58. The first-order valence-electron chi connectivity index (χ1n) is 14.4. The van der Waals surface area contributed by atoms with Crippen LogP contribution in [0, 0.1) is 28.6 Å². The maximum absolute atomic E-state index is 17.6. The summed E-state index contributed by atoms with van der Waals surface area (Å²) >= 11 is 6.56. The molecule has 6 rings (SSSR count). The number of carbonyl (C=O) groups is 2. The number of nitrogens with zero attached hydrogens (tertiary/aromatic N) is 1. The second kappa shape index (κ2) is 10.4. The topological polar surface area (TPSA) is 66.8 Å². The minimum Gasteiger partial charge on any atom is -0.390 e. The zero-order chi connectivity index (χ0) is 31.2. The van der Waals surface area contributed by atoms with Gasteiger partial charge in [-0.05, 0) is 67.5 Å². The molecule has 4 fully saturated rings. The number of hydrogen-bond donors (Lipinski definition) is 1. The highest BCUT2D eigenvalue weighted by Crippen LogP contribution is 2.73. The SMILES string of the molecule is CC12C[C@H](O)[C@@]3(F)[C@@H](C[C@H](F)C4=CC(=O)C=C[C@@]43C)[C@@H]1C[C@H]1CN(Cc3ccc(Cl)cc3)O[C@]12C(=O)SCCC(F)(F)F. The van der Waals surface area contributed by atoms with Crippen molar-refractivity contribution in [2.24, 2.45) is 28.6 Å². The van der Waals surface area contributed by atoms with E-state index in [1.54, 1.807) is 36.3 Å². The van der Waals surface area contributed by atoms with Crippen LogP contribution < -0.4 is 0 Å². The number of benzene rings is 1. The molecule has 0 bridgehead atoms. The van der Waals surface area contributed by atoms with Crippen LogP contribution in [0.5, 0.6) is 0 Å². The van der Waals surface area contributed by atoms with Crippen LogP contribution in [0.3, 0.4) is 0 Å². The monoisotopic (exact) mass is 645 g/mol. The molecule has 43 heavy (non-hydrogen) atoms. The van der Waals surface area contributed by atoms with Gasteiger partial charge in [-0.15, -0.1) is 0 Å². The maximum Gasteiger partial charge on any atom is 0.389 e. The Morgan fingerprint density at radius 3 is 2.56 bits per heavy atom. The summed E-state index contributed by atoms with van der Waals surface area (Å²) in [7, 11) is 0. The molecule has 0 aromatic heterocycles. The van der Waals surface area contributed by atoms with Crippen molar-refractivity contribution in [3.63, 3.8) is 0 Å². The van der Waals surface area contributed by atoms with Crippen molar-refractivity contribution in [2.75, 3.05) is 12.3 Å². The van der Waals surface area contributed by atoms with Crippen molar-refractivity contribution in [3.05, 3.63) is 58.7 Å². The quantitative estimate of drug-likeness (QED) is 0.365. The van der Waals surface area contributed by atoms with E-state index in [1.807, 2.05) is 0 Å². The van der Waals surface area contributed by atoms with Crippen LogP contribution in [0.25, 0.3) is 0 Å². The Kier molecular flexibility index (Phi) is 7.53. The largest absolute Gasteiger partial charge is 0.390 e. The lowest BCUT2D eigenvalue weighted by molar-refractivity contribution is -0.266. The van der Waals surface area contributed by atoms with E-state index in [4.69, 9.17) is 16.4 Å². The van der Waals surface area contributed by atoms with Gasteiger partial charge < -0.3 is 5.11 Å². The molecular weight excluding hydrogens is 613 g/mol. The van der Waals surface area contributed by atoms with E-state index in [9.17, 15) is 27.9 Å². The highest BCUT2D eigenvalue weighted by molar-refractivity contribution is 8.13. The fraction of sp³-hybridized carbons (Fsp3) is 0.613. The number of fused-ring (bicyclic) bond motifs is 7. The molecule has 1 saturated heterocycles. The molecule has 5 nitrogen and oxygen atoms in total. The van der Waals surface area contributed by atoms with Gasteiger partial charge in [-0.2, -0.15) is 18.2 Å². The Morgan fingerprint density at radius 1 is 1.19 bits per heavy atom. The summed E-state index contributed by atoms with van der Waals surface area (Å²) < 4.78 is 72.5. The molecule has 1 unspecified atom stereocenters. The Hall–Kier alpha value is -1.79. The van der Waals surface area contributed by atoms with Crippen molar-refractivity contribution in [2.45, 2.75) is 75.8 Å². The molecular formula is C31H33ClF5NO4S. The fourth-order valence-electron chi connectivity index (χ4n) is 8.92. The first-order chi connectivity index (χ1) is 20.0. The number of allylic oxidation sites excluding steroid dienone is 4. The van der Waals surface area contributed by atoms with E-state index in [0.717, 1.165) is 11.6 Å². The fourth-order valence-corrected chi connectivity index (χ4v) is 10.2. The molecule has 0 radical (unpaired) electrons. The Bertz CT molecular complexity index is 1390. The predicted octanol–water partition coefficient (Wildman–Crippen LogP) is 6.58. The third-order valence-electron chi connectivity index (χ3n) is 10.9. The van der Waals surface area contributed by atoms with E-state index < -0.39 is 81.4 Å². The molecule has 9 atom stereocenters. The molecule has 12 heteroatoms. The molecule has 5 aliphatic rings. The maximum atomic E-state index is 17.6. The van der Waals surface area contributed by atoms with Gasteiger partial charge in [0.2, 0.25) is 5.12 Å². The van der Waals surface area contributed by atoms with Gasteiger partial charge in [-0.25, -0.2) is 8.78 Å². The van der Waals surface area contributed by atoms with E-state index in [2.05, 4.69) is 0 Å². The summed E-state index contributed by atoms with van der Waals surface area (Å²) in [4.78, 5) is 32.7. The zero-order valence-electron chi connectivity index (χ0n) is 23.7. The minimum atomic E-state index is -4.45. The summed E-state index contributed by atoms with van der Waals surface area (Å²) in [6, 6.07) is 7.03. The van der Waals surface area contributed by atoms with Crippen LogP contribution in [0.15, 0.2) is 48.1 Å². The summed E-state index contributed by atoms with van der Waals surface area (Å²) in [5.74, 6) is -3.12. The Balaban J connectivity index is 1.38. The van der Waals surface area contributed by atoms with Gasteiger partial charge in [0.25, 0.3) is 0 Å². The van der Waals surface area contributed by atoms with Gasteiger partial charge in [0.05, 0.1) is 12.5 Å². The van der Waals surface area contributed by atoms with Crippen LogP contribution in [0.2, 0.25) is 5.02 Å². The minimum absolute atomic E-state index is 0.00141. The predicted molar refractivity (Wildman–Crippen MR) is 151 cm³/mol. The Morgan fingerprint density at radius 2 is 1.88 bits per heavy atom. The lowest BCUT2D eigenvalue weighted by Crippen LogP contribution is -2.70. The molecule has 0 amide bonds. The third-order valence-corrected chi connectivity index (χ3v) is 12.1. The lowest BCUT2D eigenvalue weighted by Gasteiger charge is -2.63. The van der Waals surface area contributed by atoms with Gasteiger partial charge in [-0.1, -0.05) is 48.5 Å². The van der Waals surface area contributed by atoms with Crippen LogP contribution in [0.4, 0.5) is 22.0 Å². The van der Waals surface area contributed by atoms with Gasteiger partial charge in [0.1, 0.15) is 6.17 Å². The molecule has 0 spiro atoms. The molecule has 1 aromatic rings. The highest BCUT2D eigenvalue weighted by atomic mass is 35.5. The molecule has 234 valence electrons. The standard InChI is InChI=1S/C31H33ClF5NO4S/c1-27-8-7-20(39)12-23(27)24(33)13-22-21-11-18-16-38(15-17-3-5-19(32)6-4-17)42-31(18,26(41)43-10-9-29(34,35)36)28(21,2)14-25(40)30(22,27)37/h3-8,12,18,21-22,24-25,40H,9-11,13-16H2,1-2H3/t18-,21-,22-,24-,25-,27-,28?,30-,31-/m0/s1. The number of hydrogen-bond acceptors (Lipinski definition) is 6. The summed E-state index contributed by atoms with van der Waals surface area (Å²) in [6.45, 7) is 3.75. The van der Waals surface area contributed by atoms with Crippen molar-refractivity contribution < 1.29 is 41.5 Å². The van der Waals surface area contributed by atoms with Crippen LogP contribution >= 0.6 is 23.4 Å². The number of thioether (sulfide) groups is 1. The second-order valence-electron chi connectivity index (χ2n) is 13.1. The van der Waals surface area contributed by atoms with E-state index in [1.165, 1.54) is 19.1 Å². The van der Waals surface area contributed by atoms with Crippen molar-refractivity contribution in [3.8, 4) is 0 Å². The van der Waals surface area contributed by atoms with E-state index >= 15 is 8.78 Å². The number of aliphatic hydroxyl groups is 1. The van der Waals surface area contributed by atoms with E-state index in [0.29, 0.717) is 16.8 Å². The molecule has 1 heterocycles.